The van der Waals surface area contributed by atoms with Gasteiger partial charge in [0.1, 0.15) is 12.1 Å². The minimum atomic E-state index is 0.526. The summed E-state index contributed by atoms with van der Waals surface area (Å²) in [5, 5.41) is 8.67. The quantitative estimate of drug-likeness (QED) is 0.871. The molecule has 2 N–H and O–H groups in total. The molecule has 1 atom stereocenters. The van der Waals surface area contributed by atoms with Gasteiger partial charge in [-0.1, -0.05) is 11.6 Å². The molecule has 2 aliphatic rings. The molecule has 2 fully saturated rings. The SMILES string of the molecule is Cc1ccc2ncnc(N[C@H]3CC[C@H](N[C@@H](C)C4CC4)CC3)c2c1. The lowest BCUT2D eigenvalue weighted by Crippen LogP contribution is -2.42. The van der Waals surface area contributed by atoms with Gasteiger partial charge in [-0.3, -0.25) is 0 Å². The van der Waals surface area contributed by atoms with Gasteiger partial charge in [0.15, 0.2) is 0 Å². The van der Waals surface area contributed by atoms with E-state index < -0.39 is 0 Å². The average molecular weight is 324 g/mol. The monoisotopic (exact) mass is 324 g/mol. The lowest BCUT2D eigenvalue weighted by molar-refractivity contribution is 0.317. The summed E-state index contributed by atoms with van der Waals surface area (Å²) in [5.41, 5.74) is 2.27. The molecule has 128 valence electrons. The molecule has 4 rings (SSSR count). The molecule has 24 heavy (non-hydrogen) atoms. The highest BCUT2D eigenvalue weighted by molar-refractivity contribution is 5.89. The maximum absolute atomic E-state index is 4.50. The third-order valence-corrected chi connectivity index (χ3v) is 5.69. The molecule has 0 spiro atoms. The molecule has 1 aromatic carbocycles. The van der Waals surface area contributed by atoms with Gasteiger partial charge >= 0.3 is 0 Å². The van der Waals surface area contributed by atoms with Crippen LogP contribution in [0.4, 0.5) is 5.82 Å². The maximum atomic E-state index is 4.50. The van der Waals surface area contributed by atoms with E-state index in [-0.39, 0.29) is 0 Å². The van der Waals surface area contributed by atoms with Crippen molar-refractivity contribution in [3.8, 4) is 0 Å². The normalized spacial score (nSPS) is 25.6. The number of nitrogens with zero attached hydrogens (tertiary/aromatic N) is 2. The van der Waals surface area contributed by atoms with Crippen LogP contribution < -0.4 is 10.6 Å². The van der Waals surface area contributed by atoms with Crippen LogP contribution in [0.2, 0.25) is 0 Å². The summed E-state index contributed by atoms with van der Waals surface area (Å²) in [5.74, 6) is 1.93. The molecule has 2 aliphatic carbocycles. The van der Waals surface area contributed by atoms with Crippen molar-refractivity contribution in [3.05, 3.63) is 30.1 Å². The third-order valence-electron chi connectivity index (χ3n) is 5.69. The molecule has 1 aromatic heterocycles. The Kier molecular flexibility index (Phi) is 4.40. The summed E-state index contributed by atoms with van der Waals surface area (Å²) in [7, 11) is 0. The van der Waals surface area contributed by atoms with E-state index in [0.717, 1.165) is 22.6 Å². The summed E-state index contributed by atoms with van der Waals surface area (Å²) < 4.78 is 0. The Morgan fingerprint density at radius 3 is 2.50 bits per heavy atom. The molecular formula is C20H28N4. The fraction of sp³-hybridized carbons (Fsp3) is 0.600. The number of aromatic nitrogens is 2. The third kappa shape index (κ3) is 3.54. The highest BCUT2D eigenvalue weighted by Crippen LogP contribution is 2.33. The Labute approximate surface area is 144 Å². The molecule has 0 saturated heterocycles. The van der Waals surface area contributed by atoms with Crippen LogP contribution in [0.3, 0.4) is 0 Å². The first-order valence-corrected chi connectivity index (χ1v) is 9.43. The van der Waals surface area contributed by atoms with Crippen LogP contribution in [-0.4, -0.2) is 28.1 Å². The zero-order valence-electron chi connectivity index (χ0n) is 14.8. The van der Waals surface area contributed by atoms with Crippen molar-refractivity contribution in [3.63, 3.8) is 0 Å². The number of anilines is 1. The van der Waals surface area contributed by atoms with Crippen LogP contribution in [0.5, 0.6) is 0 Å². The Morgan fingerprint density at radius 1 is 1.00 bits per heavy atom. The van der Waals surface area contributed by atoms with Crippen molar-refractivity contribution in [2.24, 2.45) is 5.92 Å². The summed E-state index contributed by atoms with van der Waals surface area (Å²) in [4.78, 5) is 8.89. The van der Waals surface area contributed by atoms with Gasteiger partial charge in [0.2, 0.25) is 0 Å². The van der Waals surface area contributed by atoms with Crippen molar-refractivity contribution in [1.29, 1.82) is 0 Å². The van der Waals surface area contributed by atoms with Crippen LogP contribution in [0, 0.1) is 12.8 Å². The predicted octanol–water partition coefficient (Wildman–Crippen LogP) is 4.05. The number of fused-ring (bicyclic) bond motifs is 1. The molecule has 0 aliphatic heterocycles. The van der Waals surface area contributed by atoms with Gasteiger partial charge < -0.3 is 10.6 Å². The topological polar surface area (TPSA) is 49.8 Å². The van der Waals surface area contributed by atoms with Crippen molar-refractivity contribution in [2.45, 2.75) is 70.5 Å². The van der Waals surface area contributed by atoms with Crippen LogP contribution in [-0.2, 0) is 0 Å². The van der Waals surface area contributed by atoms with Crippen LogP contribution in [0.25, 0.3) is 10.9 Å². The van der Waals surface area contributed by atoms with Gasteiger partial charge in [0, 0.05) is 23.5 Å². The molecule has 0 amide bonds. The molecule has 4 nitrogen and oxygen atoms in total. The van der Waals surface area contributed by atoms with Gasteiger partial charge in [-0.25, -0.2) is 9.97 Å². The Hall–Kier alpha value is -1.68. The lowest BCUT2D eigenvalue weighted by Gasteiger charge is -2.32. The van der Waals surface area contributed by atoms with E-state index in [2.05, 4.69) is 52.6 Å². The molecule has 0 unspecified atom stereocenters. The van der Waals surface area contributed by atoms with Crippen molar-refractivity contribution < 1.29 is 0 Å². The maximum Gasteiger partial charge on any atom is 0.137 e. The first-order chi connectivity index (χ1) is 11.7. The van der Waals surface area contributed by atoms with Gasteiger partial charge in [0.25, 0.3) is 0 Å². The zero-order valence-corrected chi connectivity index (χ0v) is 14.8. The van der Waals surface area contributed by atoms with E-state index in [4.69, 9.17) is 0 Å². The standard InChI is InChI=1S/C20H28N4/c1-13-3-10-19-18(11-13)20(22-12-21-19)24-17-8-6-16(7-9-17)23-14(2)15-4-5-15/h3,10-12,14-17,23H,4-9H2,1-2H3,(H,21,22,24)/t14-,16-,17-/m0/s1. The summed E-state index contributed by atoms with van der Waals surface area (Å²) in [6.45, 7) is 4.48. The van der Waals surface area contributed by atoms with Crippen molar-refractivity contribution in [2.75, 3.05) is 5.32 Å². The minimum Gasteiger partial charge on any atom is -0.367 e. The Balaban J connectivity index is 1.37. The molecule has 0 radical (unpaired) electrons. The second-order valence-corrected chi connectivity index (χ2v) is 7.73. The second kappa shape index (κ2) is 6.67. The molecule has 0 bridgehead atoms. The number of hydrogen-bond donors (Lipinski definition) is 2. The van der Waals surface area contributed by atoms with Gasteiger partial charge in [0.05, 0.1) is 5.52 Å². The molecule has 2 aromatic rings. The smallest absolute Gasteiger partial charge is 0.137 e. The fourth-order valence-corrected chi connectivity index (χ4v) is 3.99. The second-order valence-electron chi connectivity index (χ2n) is 7.73. The first kappa shape index (κ1) is 15.8. The highest BCUT2D eigenvalue weighted by Gasteiger charge is 2.30. The fourth-order valence-electron chi connectivity index (χ4n) is 3.99. The van der Waals surface area contributed by atoms with Crippen molar-refractivity contribution >= 4 is 16.7 Å². The van der Waals surface area contributed by atoms with Crippen molar-refractivity contribution in [1.82, 2.24) is 15.3 Å². The summed E-state index contributed by atoms with van der Waals surface area (Å²) in [6.07, 6.45) is 9.47. The molecule has 2 saturated carbocycles. The number of hydrogen-bond acceptors (Lipinski definition) is 4. The summed E-state index contributed by atoms with van der Waals surface area (Å²) >= 11 is 0. The number of aryl methyl sites for hydroxylation is 1. The molecule has 1 heterocycles. The predicted molar refractivity (Wildman–Crippen MR) is 99.3 cm³/mol. The summed E-state index contributed by atoms with van der Waals surface area (Å²) in [6, 6.07) is 8.30. The number of nitrogens with one attached hydrogen (secondary N) is 2. The van der Waals surface area contributed by atoms with Gasteiger partial charge in [-0.15, -0.1) is 0 Å². The van der Waals surface area contributed by atoms with Gasteiger partial charge in [-0.05, 0) is 70.4 Å². The van der Waals surface area contributed by atoms with E-state index in [9.17, 15) is 0 Å². The zero-order chi connectivity index (χ0) is 16.5. The molecule has 4 heteroatoms. The average Bonchev–Trinajstić information content (AvgIpc) is 3.42. The van der Waals surface area contributed by atoms with E-state index in [1.807, 2.05) is 0 Å². The number of benzene rings is 1. The van der Waals surface area contributed by atoms with Crippen LogP contribution >= 0.6 is 0 Å². The lowest BCUT2D eigenvalue weighted by atomic mass is 9.90. The van der Waals surface area contributed by atoms with E-state index in [1.165, 1.54) is 44.1 Å². The van der Waals surface area contributed by atoms with Gasteiger partial charge in [-0.2, -0.15) is 0 Å². The Bertz CT molecular complexity index is 702. The largest absolute Gasteiger partial charge is 0.367 e. The van der Waals surface area contributed by atoms with E-state index in [1.54, 1.807) is 6.33 Å². The van der Waals surface area contributed by atoms with Crippen LogP contribution in [0.15, 0.2) is 24.5 Å². The first-order valence-electron chi connectivity index (χ1n) is 9.43. The van der Waals surface area contributed by atoms with E-state index in [0.29, 0.717) is 18.1 Å². The van der Waals surface area contributed by atoms with Crippen LogP contribution in [0.1, 0.15) is 51.0 Å². The molecular weight excluding hydrogens is 296 g/mol. The highest BCUT2D eigenvalue weighted by atomic mass is 15.0. The minimum absolute atomic E-state index is 0.526. The van der Waals surface area contributed by atoms with E-state index >= 15 is 0 Å². The Morgan fingerprint density at radius 2 is 1.75 bits per heavy atom. The number of rotatable bonds is 5.